The molecule has 0 atom stereocenters. The fourth-order valence-corrected chi connectivity index (χ4v) is 4.31. The molecule has 0 aromatic heterocycles. The third-order valence-corrected chi connectivity index (χ3v) is 7.73. The number of benzene rings is 4. The van der Waals surface area contributed by atoms with Gasteiger partial charge in [0.2, 0.25) is 0 Å². The number of hydrogen-bond donors (Lipinski definition) is 2. The number of aryl methyl sites for hydroxylation is 3. The molecule has 0 heterocycles. The van der Waals surface area contributed by atoms with Crippen LogP contribution in [0.1, 0.15) is 37.4 Å². The van der Waals surface area contributed by atoms with E-state index in [0.717, 1.165) is 63.0 Å². The molecule has 275 valence electrons. The van der Waals surface area contributed by atoms with Crippen molar-refractivity contribution in [3.63, 3.8) is 0 Å². The maximum Gasteiger partial charge on any atom is 1.00 e. The van der Waals surface area contributed by atoms with E-state index in [1.165, 1.54) is 27.2 Å². The molecule has 3 radical (unpaired) electrons. The quantitative estimate of drug-likeness (QED) is 0.0415. The van der Waals surface area contributed by atoms with Gasteiger partial charge in [-0.1, -0.05) is 105 Å². The predicted octanol–water partition coefficient (Wildman–Crippen LogP) is 11.6. The van der Waals surface area contributed by atoms with Gasteiger partial charge < -0.3 is 16.4 Å². The number of halogens is 9. The fraction of sp³-hybridized carbons (Fsp3) is 0.250. The molecule has 4 aromatic rings. The number of aldehydes is 1. The minimum Gasteiger partial charge on any atom is -1.00 e. The molecule has 0 unspecified atom stereocenters. The standard InChI is InChI=1S/C9H10BrCl.C9H11ClO.C9H9ClO.C6H4ClI.C3H6O.B.Br3P.Na.H/c10-7-1-2-8-3-5-9(11)6-4-8;2*10-9-5-3-8(4-6-9)2-1-7-11;7-5-1-3-6(8)4-2-5;1-2-3-4;;1-4(2)3;;/h3-6H,1-2,7H2;3-6,11H,1-2,7H2;3-7H,1-2H2;1-4H;2,4H,1,3H2;;;;/q;;;;;;;+1;-1. The first-order valence-electron chi connectivity index (χ1n) is 14.7. The summed E-state index contributed by atoms with van der Waals surface area (Å²) >= 11 is 37.9. The van der Waals surface area contributed by atoms with Gasteiger partial charge in [-0.05, 0) is 179 Å². The monoisotopic (exact) mass is 1170 g/mol. The molecular weight excluding hydrogens is 1130 g/mol. The van der Waals surface area contributed by atoms with Crippen molar-refractivity contribution in [1.82, 2.24) is 0 Å². The number of hydrogen-bond acceptors (Lipinski definition) is 3. The number of aliphatic hydroxyl groups excluding tert-OH is 2. The molecule has 0 aliphatic heterocycles. The summed E-state index contributed by atoms with van der Waals surface area (Å²) in [4.78, 5) is 10.0. The third kappa shape index (κ3) is 42.5. The van der Waals surface area contributed by atoms with Crippen molar-refractivity contribution in [2.75, 3.05) is 18.5 Å². The molecule has 51 heavy (non-hydrogen) atoms. The Balaban J connectivity index is -0.000000174. The van der Waals surface area contributed by atoms with Gasteiger partial charge >= 0.3 is 29.6 Å². The first-order chi connectivity index (χ1) is 23.4. The molecule has 2 N–H and O–H groups in total. The van der Waals surface area contributed by atoms with Crippen molar-refractivity contribution in [3.05, 3.63) is 150 Å². The Hall–Kier alpha value is 1.51. The van der Waals surface area contributed by atoms with E-state index in [9.17, 15) is 4.79 Å². The molecule has 0 bridgehead atoms. The molecule has 4 aromatic carbocycles. The summed E-state index contributed by atoms with van der Waals surface area (Å²) in [7, 11) is 0. The van der Waals surface area contributed by atoms with Crippen LogP contribution < -0.4 is 29.6 Å². The summed E-state index contributed by atoms with van der Waals surface area (Å²) in [6.07, 6.45) is 7.80. The van der Waals surface area contributed by atoms with Crippen molar-refractivity contribution in [2.45, 2.75) is 38.5 Å². The topological polar surface area (TPSA) is 57.5 Å². The molecule has 0 saturated carbocycles. The van der Waals surface area contributed by atoms with Gasteiger partial charge in [-0.25, -0.2) is 0 Å². The van der Waals surface area contributed by atoms with Gasteiger partial charge in [0, 0.05) is 50.4 Å². The van der Waals surface area contributed by atoms with E-state index in [4.69, 9.17) is 56.6 Å². The first kappa shape index (κ1) is 59.2. The molecule has 4 rings (SSSR count). The Morgan fingerprint density at radius 1 is 0.667 bits per heavy atom. The van der Waals surface area contributed by atoms with E-state index in [1.807, 2.05) is 84.9 Å². The predicted molar refractivity (Wildman–Crippen MR) is 248 cm³/mol. The Labute approximate surface area is 398 Å². The van der Waals surface area contributed by atoms with Crippen molar-refractivity contribution in [2.24, 2.45) is 0 Å². The van der Waals surface area contributed by atoms with Crippen LogP contribution in [0.2, 0.25) is 20.1 Å². The summed E-state index contributed by atoms with van der Waals surface area (Å²) in [6, 6.07) is 31.0. The summed E-state index contributed by atoms with van der Waals surface area (Å²) in [5.41, 5.74) is 3.74. The summed E-state index contributed by atoms with van der Waals surface area (Å²) in [5.74, 6) is 0. The van der Waals surface area contributed by atoms with Crippen LogP contribution in [0.25, 0.3) is 0 Å². The smallest absolute Gasteiger partial charge is 1.00 e. The average Bonchev–Trinajstić information content (AvgIpc) is 3.09. The van der Waals surface area contributed by atoms with Crippen molar-refractivity contribution >= 4 is 150 Å². The zero-order valence-corrected chi connectivity index (χ0v) is 42.6. The minimum absolute atomic E-state index is 0. The Kier molecular flexibility index (Phi) is 49.5. The van der Waals surface area contributed by atoms with Crippen LogP contribution in [-0.2, 0) is 24.1 Å². The van der Waals surface area contributed by atoms with Crippen LogP contribution >= 0.6 is 135 Å². The van der Waals surface area contributed by atoms with E-state index >= 15 is 0 Å². The van der Waals surface area contributed by atoms with E-state index in [-0.39, 0.29) is 56.6 Å². The molecular formula is C36H41BBr4Cl4INaO3P. The van der Waals surface area contributed by atoms with Gasteiger partial charge in [-0.15, -0.1) is 6.58 Å². The largest absolute Gasteiger partial charge is 1.00 e. The van der Waals surface area contributed by atoms with E-state index in [0.29, 0.717) is 6.42 Å². The second kappa shape index (κ2) is 42.7. The minimum atomic E-state index is -0.183. The molecule has 0 aliphatic carbocycles. The van der Waals surface area contributed by atoms with Crippen molar-refractivity contribution in [3.8, 4) is 0 Å². The van der Waals surface area contributed by atoms with E-state index in [2.05, 4.69) is 104 Å². The average molecular weight is 1170 g/mol. The van der Waals surface area contributed by atoms with Crippen molar-refractivity contribution in [1.29, 1.82) is 0 Å². The van der Waals surface area contributed by atoms with Crippen LogP contribution in [0.15, 0.2) is 110 Å². The Bertz CT molecular complexity index is 1290. The second-order valence-electron chi connectivity index (χ2n) is 9.30. The van der Waals surface area contributed by atoms with Gasteiger partial charge in [0.15, 0.2) is 0 Å². The SMILES string of the molecule is BrP(Br)Br.C=CCO.Clc1ccc(CCCBr)cc1.Clc1ccc(I)cc1.O=CCCc1ccc(Cl)cc1.OCCCc1ccc(Cl)cc1.[B].[H-].[Na+]. The molecule has 15 heteroatoms. The molecule has 0 spiro atoms. The first-order valence-corrected chi connectivity index (χ1v) is 25.8. The van der Waals surface area contributed by atoms with Gasteiger partial charge in [-0.3, -0.25) is 0 Å². The molecule has 3 nitrogen and oxygen atoms in total. The Morgan fingerprint density at radius 3 is 1.22 bits per heavy atom. The summed E-state index contributed by atoms with van der Waals surface area (Å²) < 4.78 is 1.03. The number of alkyl halides is 1. The molecule has 0 amide bonds. The molecule has 0 fully saturated rings. The van der Waals surface area contributed by atoms with Crippen LogP contribution in [-0.4, -0.2) is 43.5 Å². The van der Waals surface area contributed by atoms with E-state index < -0.39 is 0 Å². The van der Waals surface area contributed by atoms with E-state index in [1.54, 1.807) is 0 Å². The maximum absolute atomic E-state index is 10.0. The third-order valence-electron chi connectivity index (χ3n) is 5.45. The number of carbonyl (C=O) groups excluding carboxylic acids is 1. The zero-order chi connectivity index (χ0) is 37.3. The van der Waals surface area contributed by atoms with Crippen LogP contribution in [0.4, 0.5) is 0 Å². The van der Waals surface area contributed by atoms with Crippen LogP contribution in [0, 0.1) is 3.57 Å². The summed E-state index contributed by atoms with van der Waals surface area (Å²) in [5, 5.41) is 20.5. The van der Waals surface area contributed by atoms with Gasteiger partial charge in [0.1, 0.15) is 10.3 Å². The molecule has 0 saturated heterocycles. The van der Waals surface area contributed by atoms with Crippen LogP contribution in [0.5, 0.6) is 0 Å². The molecule has 0 aliphatic rings. The van der Waals surface area contributed by atoms with Gasteiger partial charge in [0.25, 0.3) is 0 Å². The van der Waals surface area contributed by atoms with Gasteiger partial charge in [-0.2, -0.15) is 0 Å². The second-order valence-corrected chi connectivity index (χ2v) is 28.4. The van der Waals surface area contributed by atoms with Crippen LogP contribution in [0.3, 0.4) is 0 Å². The maximum atomic E-state index is 10.0. The normalized spacial score (nSPS) is 9.02. The van der Waals surface area contributed by atoms with Crippen molar-refractivity contribution < 1.29 is 46.0 Å². The zero-order valence-electron chi connectivity index (χ0n) is 29.2. The Morgan fingerprint density at radius 2 is 0.961 bits per heavy atom. The van der Waals surface area contributed by atoms with Gasteiger partial charge in [0.05, 0.1) is 6.61 Å². The number of rotatable bonds is 10. The summed E-state index contributed by atoms with van der Waals surface area (Å²) in [6.45, 7) is 3.57. The number of carbonyl (C=O) groups is 1. The fourth-order valence-electron chi connectivity index (χ4n) is 3.16. The number of aliphatic hydroxyl groups is 2.